The molecule has 1 aliphatic rings. The van der Waals surface area contributed by atoms with Gasteiger partial charge in [0.05, 0.1) is 11.5 Å². The van der Waals surface area contributed by atoms with Gasteiger partial charge >= 0.3 is 0 Å². The minimum absolute atomic E-state index is 0. The molecule has 118 valence electrons. The Morgan fingerprint density at radius 2 is 1.90 bits per heavy atom. The van der Waals surface area contributed by atoms with Crippen molar-refractivity contribution >= 4 is 24.2 Å². The van der Waals surface area contributed by atoms with E-state index in [9.17, 15) is 9.59 Å². The van der Waals surface area contributed by atoms with Gasteiger partial charge < -0.3 is 21.5 Å². The van der Waals surface area contributed by atoms with E-state index in [4.69, 9.17) is 16.2 Å². The molecular weight excluding hydrogens is 282 g/mol. The van der Waals surface area contributed by atoms with Crippen molar-refractivity contribution in [2.24, 2.45) is 16.9 Å². The van der Waals surface area contributed by atoms with Gasteiger partial charge in [-0.05, 0) is 25.7 Å². The van der Waals surface area contributed by atoms with Crippen molar-refractivity contribution in [1.82, 2.24) is 5.32 Å². The molecule has 2 unspecified atom stereocenters. The Morgan fingerprint density at radius 3 is 2.30 bits per heavy atom. The van der Waals surface area contributed by atoms with Gasteiger partial charge in [0.1, 0.15) is 6.10 Å². The number of rotatable bonds is 7. The molecule has 0 aliphatic carbocycles. The number of carbonyl (C=O) groups excluding carboxylic acids is 2. The third-order valence-electron chi connectivity index (χ3n) is 4.14. The van der Waals surface area contributed by atoms with Gasteiger partial charge in [-0.2, -0.15) is 0 Å². The average molecular weight is 308 g/mol. The predicted molar refractivity (Wildman–Crippen MR) is 79.4 cm³/mol. The van der Waals surface area contributed by atoms with Gasteiger partial charge in [0.15, 0.2) is 0 Å². The van der Waals surface area contributed by atoms with Gasteiger partial charge in [-0.15, -0.1) is 12.4 Å². The Balaban J connectivity index is 0.00000361. The maximum atomic E-state index is 12.2. The monoisotopic (exact) mass is 307 g/mol. The van der Waals surface area contributed by atoms with Crippen molar-refractivity contribution in [2.75, 3.05) is 13.1 Å². The van der Waals surface area contributed by atoms with Crippen LogP contribution in [0.4, 0.5) is 0 Å². The van der Waals surface area contributed by atoms with Crippen LogP contribution in [0.25, 0.3) is 0 Å². The minimum atomic E-state index is -0.515. The number of ether oxygens (including phenoxy) is 1. The summed E-state index contributed by atoms with van der Waals surface area (Å²) >= 11 is 0. The van der Waals surface area contributed by atoms with Gasteiger partial charge in [0.2, 0.25) is 11.8 Å². The molecule has 1 aliphatic heterocycles. The normalized spacial score (nSPS) is 22.1. The molecule has 0 aromatic heterocycles. The molecular formula is C13H26ClN3O3. The Labute approximate surface area is 126 Å². The van der Waals surface area contributed by atoms with Crippen LogP contribution in [0.15, 0.2) is 0 Å². The summed E-state index contributed by atoms with van der Waals surface area (Å²) < 4.78 is 5.47. The molecule has 0 radical (unpaired) electrons. The van der Waals surface area contributed by atoms with Gasteiger partial charge in [-0.3, -0.25) is 9.59 Å². The van der Waals surface area contributed by atoms with E-state index >= 15 is 0 Å². The summed E-state index contributed by atoms with van der Waals surface area (Å²) in [5.41, 5.74) is 10.4. The molecule has 7 heteroatoms. The topological polar surface area (TPSA) is 107 Å². The lowest BCUT2D eigenvalue weighted by molar-refractivity contribution is -0.132. The lowest BCUT2D eigenvalue weighted by Gasteiger charge is -2.29. The van der Waals surface area contributed by atoms with E-state index in [1.807, 2.05) is 13.8 Å². The van der Waals surface area contributed by atoms with E-state index in [-0.39, 0.29) is 24.4 Å². The van der Waals surface area contributed by atoms with Crippen molar-refractivity contribution in [1.29, 1.82) is 0 Å². The quantitative estimate of drug-likeness (QED) is 0.629. The van der Waals surface area contributed by atoms with Crippen LogP contribution in [-0.2, 0) is 14.3 Å². The molecule has 20 heavy (non-hydrogen) atoms. The molecule has 2 atom stereocenters. The first-order valence-corrected chi connectivity index (χ1v) is 6.92. The zero-order valence-corrected chi connectivity index (χ0v) is 13.0. The molecule has 6 nitrogen and oxygen atoms in total. The lowest BCUT2D eigenvalue weighted by Crippen LogP contribution is -2.47. The Morgan fingerprint density at radius 1 is 1.30 bits per heavy atom. The highest BCUT2D eigenvalue weighted by Gasteiger charge is 2.35. The van der Waals surface area contributed by atoms with Gasteiger partial charge in [0, 0.05) is 13.1 Å². The molecule has 0 spiro atoms. The summed E-state index contributed by atoms with van der Waals surface area (Å²) in [5.74, 6) is -0.474. The third-order valence-corrected chi connectivity index (χ3v) is 4.14. The van der Waals surface area contributed by atoms with E-state index in [2.05, 4.69) is 5.32 Å². The molecule has 1 saturated heterocycles. The standard InChI is InChI=1S/C13H25N3O3.ClH/c1-3-13(4-2,8-14)12(18)16-7-9-5-6-10(19-9)11(15)17;/h9-10H,3-8,14H2,1-2H3,(H2,15,17)(H,16,18);1H. The summed E-state index contributed by atoms with van der Waals surface area (Å²) in [6.45, 7) is 4.67. The fourth-order valence-corrected chi connectivity index (χ4v) is 2.41. The van der Waals surface area contributed by atoms with Gasteiger partial charge in [-0.25, -0.2) is 0 Å². The Kier molecular flexibility index (Phi) is 8.08. The van der Waals surface area contributed by atoms with Crippen LogP contribution in [-0.4, -0.2) is 37.1 Å². The number of hydrogen-bond acceptors (Lipinski definition) is 4. The molecule has 0 saturated carbocycles. The van der Waals surface area contributed by atoms with Crippen LogP contribution in [0, 0.1) is 5.41 Å². The van der Waals surface area contributed by atoms with E-state index in [0.29, 0.717) is 32.4 Å². The molecule has 1 heterocycles. The van der Waals surface area contributed by atoms with Gasteiger partial charge in [-0.1, -0.05) is 13.8 Å². The van der Waals surface area contributed by atoms with Crippen LogP contribution in [0.3, 0.4) is 0 Å². The van der Waals surface area contributed by atoms with Crippen LogP contribution in [0.1, 0.15) is 39.5 Å². The van der Waals surface area contributed by atoms with Crippen LogP contribution in [0.5, 0.6) is 0 Å². The second-order valence-corrected chi connectivity index (χ2v) is 5.13. The van der Waals surface area contributed by atoms with Crippen LogP contribution >= 0.6 is 12.4 Å². The first kappa shape index (κ1) is 19.1. The summed E-state index contributed by atoms with van der Waals surface area (Å²) in [7, 11) is 0. The fraction of sp³-hybridized carbons (Fsp3) is 0.846. The lowest BCUT2D eigenvalue weighted by atomic mass is 9.81. The number of carbonyl (C=O) groups is 2. The van der Waals surface area contributed by atoms with Gasteiger partial charge in [0.25, 0.3) is 0 Å². The smallest absolute Gasteiger partial charge is 0.246 e. The number of primary amides is 1. The number of nitrogens with two attached hydrogens (primary N) is 2. The van der Waals surface area contributed by atoms with Crippen molar-refractivity contribution in [3.8, 4) is 0 Å². The summed E-state index contributed by atoms with van der Waals surface area (Å²) in [6, 6.07) is 0. The highest BCUT2D eigenvalue weighted by atomic mass is 35.5. The highest BCUT2D eigenvalue weighted by molar-refractivity contribution is 5.85. The molecule has 2 amide bonds. The molecule has 0 aromatic rings. The van der Waals surface area contributed by atoms with Crippen molar-refractivity contribution in [3.05, 3.63) is 0 Å². The molecule has 0 aromatic carbocycles. The van der Waals surface area contributed by atoms with E-state index in [1.54, 1.807) is 0 Å². The first-order valence-electron chi connectivity index (χ1n) is 6.92. The highest BCUT2D eigenvalue weighted by Crippen LogP contribution is 2.25. The Bertz CT molecular complexity index is 327. The molecule has 1 fully saturated rings. The summed E-state index contributed by atoms with van der Waals surface area (Å²) in [5, 5.41) is 2.88. The third kappa shape index (κ3) is 4.33. The van der Waals surface area contributed by atoms with E-state index in [1.165, 1.54) is 0 Å². The molecule has 0 bridgehead atoms. The number of hydrogen-bond donors (Lipinski definition) is 3. The zero-order chi connectivity index (χ0) is 14.5. The zero-order valence-electron chi connectivity index (χ0n) is 12.2. The van der Waals surface area contributed by atoms with Crippen molar-refractivity contribution < 1.29 is 14.3 Å². The minimum Gasteiger partial charge on any atom is -0.367 e. The van der Waals surface area contributed by atoms with Crippen LogP contribution in [0.2, 0.25) is 0 Å². The first-order chi connectivity index (χ1) is 8.99. The maximum Gasteiger partial charge on any atom is 0.246 e. The van der Waals surface area contributed by atoms with Crippen molar-refractivity contribution in [3.63, 3.8) is 0 Å². The van der Waals surface area contributed by atoms with Crippen molar-refractivity contribution in [2.45, 2.75) is 51.7 Å². The molecule has 5 N–H and O–H groups in total. The fourth-order valence-electron chi connectivity index (χ4n) is 2.41. The van der Waals surface area contributed by atoms with E-state index < -0.39 is 17.4 Å². The van der Waals surface area contributed by atoms with E-state index in [0.717, 1.165) is 6.42 Å². The summed E-state index contributed by atoms with van der Waals surface area (Å²) in [6.07, 6.45) is 2.13. The second-order valence-electron chi connectivity index (χ2n) is 5.13. The largest absolute Gasteiger partial charge is 0.367 e. The summed E-state index contributed by atoms with van der Waals surface area (Å²) in [4.78, 5) is 23.2. The number of halogens is 1. The molecule has 1 rings (SSSR count). The predicted octanol–water partition coefficient (Wildman–Crippen LogP) is 0.322. The van der Waals surface area contributed by atoms with Crippen LogP contribution < -0.4 is 16.8 Å². The average Bonchev–Trinajstić information content (AvgIpc) is 2.88. The second kappa shape index (κ2) is 8.44. The number of amides is 2. The number of nitrogens with one attached hydrogen (secondary N) is 1. The SMILES string of the molecule is CCC(CC)(CN)C(=O)NCC1CCC(C(N)=O)O1.Cl. The Hall–Kier alpha value is -0.850. The maximum absolute atomic E-state index is 12.2.